The van der Waals surface area contributed by atoms with E-state index in [1.165, 1.54) is 25.4 Å². The smallest absolute Gasteiger partial charge is 0.338 e. The second-order valence-corrected chi connectivity index (χ2v) is 7.07. The number of carbonyl (C=O) groups excluding carboxylic acids is 3. The van der Waals surface area contributed by atoms with Gasteiger partial charge in [-0.2, -0.15) is 0 Å². The zero-order chi connectivity index (χ0) is 23.0. The standard InChI is InChI=1S/C24H23N3O5/c1-31-21(28)19-12-13-26-20(14-19)27-22(29)24(25,15-17-8-4-2-5-9-17)23(30)32-16-18-10-6-3-7-11-18/h2-14H,15-16,25H2,1H3,(H,26,27,29). The Morgan fingerprint density at radius 3 is 2.22 bits per heavy atom. The molecule has 1 amide bonds. The van der Waals surface area contributed by atoms with Crippen LogP contribution in [-0.4, -0.2) is 35.5 Å². The van der Waals surface area contributed by atoms with Crippen LogP contribution in [0.2, 0.25) is 0 Å². The fourth-order valence-electron chi connectivity index (χ4n) is 2.99. The third-order valence-corrected chi connectivity index (χ3v) is 4.73. The zero-order valence-electron chi connectivity index (χ0n) is 17.5. The van der Waals surface area contributed by atoms with Crippen molar-refractivity contribution in [3.05, 3.63) is 95.7 Å². The molecular formula is C24H23N3O5. The molecule has 32 heavy (non-hydrogen) atoms. The van der Waals surface area contributed by atoms with Gasteiger partial charge in [-0.05, 0) is 23.3 Å². The lowest BCUT2D eigenvalue weighted by Crippen LogP contribution is -2.59. The minimum absolute atomic E-state index is 0.0310. The Bertz CT molecular complexity index is 1090. The number of benzene rings is 2. The molecule has 0 fully saturated rings. The van der Waals surface area contributed by atoms with Crippen molar-refractivity contribution in [3.63, 3.8) is 0 Å². The van der Waals surface area contributed by atoms with Gasteiger partial charge in [-0.15, -0.1) is 0 Å². The Labute approximate surface area is 185 Å². The molecule has 0 spiro atoms. The fraction of sp³-hybridized carbons (Fsp3) is 0.167. The highest BCUT2D eigenvalue weighted by Crippen LogP contribution is 2.18. The highest BCUT2D eigenvalue weighted by Gasteiger charge is 2.44. The Kier molecular flexibility index (Phi) is 7.30. The quantitative estimate of drug-likeness (QED) is 0.414. The lowest BCUT2D eigenvalue weighted by atomic mass is 9.90. The van der Waals surface area contributed by atoms with Crippen molar-refractivity contribution in [2.45, 2.75) is 18.6 Å². The molecule has 0 saturated carbocycles. The number of amides is 1. The van der Waals surface area contributed by atoms with Crippen LogP contribution < -0.4 is 11.1 Å². The summed E-state index contributed by atoms with van der Waals surface area (Å²) >= 11 is 0. The molecule has 1 heterocycles. The molecule has 0 saturated heterocycles. The van der Waals surface area contributed by atoms with Gasteiger partial charge in [0.2, 0.25) is 0 Å². The number of esters is 2. The van der Waals surface area contributed by atoms with Gasteiger partial charge in [0, 0.05) is 12.6 Å². The summed E-state index contributed by atoms with van der Waals surface area (Å²) in [5, 5.41) is 2.52. The number of nitrogens with two attached hydrogens (primary N) is 1. The Balaban J connectivity index is 1.83. The summed E-state index contributed by atoms with van der Waals surface area (Å²) < 4.78 is 10.1. The second-order valence-electron chi connectivity index (χ2n) is 7.07. The first-order valence-electron chi connectivity index (χ1n) is 9.82. The molecule has 0 aliphatic carbocycles. The Hall–Kier alpha value is -4.04. The van der Waals surface area contributed by atoms with Crippen molar-refractivity contribution >= 4 is 23.7 Å². The molecule has 3 rings (SSSR count). The van der Waals surface area contributed by atoms with Crippen LogP contribution in [0.1, 0.15) is 21.5 Å². The Morgan fingerprint density at radius 2 is 1.59 bits per heavy atom. The van der Waals surface area contributed by atoms with Gasteiger partial charge >= 0.3 is 11.9 Å². The van der Waals surface area contributed by atoms with Gasteiger partial charge in [0.15, 0.2) is 5.54 Å². The molecule has 0 radical (unpaired) electrons. The predicted molar refractivity (Wildman–Crippen MR) is 118 cm³/mol. The van der Waals surface area contributed by atoms with Gasteiger partial charge in [-0.1, -0.05) is 60.7 Å². The summed E-state index contributed by atoms with van der Waals surface area (Å²) in [4.78, 5) is 41.9. The number of anilines is 1. The number of carbonyl (C=O) groups is 3. The molecule has 1 aromatic heterocycles. The second kappa shape index (κ2) is 10.3. The summed E-state index contributed by atoms with van der Waals surface area (Å²) in [5.74, 6) is -2.23. The molecule has 8 nitrogen and oxygen atoms in total. The minimum atomic E-state index is -2.03. The van der Waals surface area contributed by atoms with Crippen LogP contribution in [0.3, 0.4) is 0 Å². The van der Waals surface area contributed by atoms with E-state index in [2.05, 4.69) is 15.0 Å². The van der Waals surface area contributed by atoms with Crippen molar-refractivity contribution in [2.75, 3.05) is 12.4 Å². The molecule has 8 heteroatoms. The molecule has 0 aliphatic rings. The number of pyridine rings is 1. The molecule has 164 valence electrons. The van der Waals surface area contributed by atoms with Crippen LogP contribution >= 0.6 is 0 Å². The lowest BCUT2D eigenvalue weighted by molar-refractivity contribution is -0.154. The molecular weight excluding hydrogens is 410 g/mol. The average molecular weight is 433 g/mol. The van der Waals surface area contributed by atoms with Gasteiger partial charge in [0.25, 0.3) is 5.91 Å². The average Bonchev–Trinajstić information content (AvgIpc) is 2.83. The van der Waals surface area contributed by atoms with E-state index in [0.29, 0.717) is 5.56 Å². The first-order valence-corrected chi connectivity index (χ1v) is 9.82. The molecule has 1 atom stereocenters. The number of nitrogens with one attached hydrogen (secondary N) is 1. The number of ether oxygens (including phenoxy) is 2. The van der Waals surface area contributed by atoms with Crippen LogP contribution in [0, 0.1) is 0 Å². The molecule has 0 aliphatic heterocycles. The number of hydrogen-bond acceptors (Lipinski definition) is 7. The van der Waals surface area contributed by atoms with Crippen LogP contribution in [0.25, 0.3) is 0 Å². The zero-order valence-corrected chi connectivity index (χ0v) is 17.5. The van der Waals surface area contributed by atoms with E-state index in [1.54, 1.807) is 36.4 Å². The minimum Gasteiger partial charge on any atom is -0.465 e. The van der Waals surface area contributed by atoms with Crippen molar-refractivity contribution in [3.8, 4) is 0 Å². The first-order chi connectivity index (χ1) is 15.4. The van der Waals surface area contributed by atoms with Gasteiger partial charge in [-0.3, -0.25) is 4.79 Å². The fourth-order valence-corrected chi connectivity index (χ4v) is 2.99. The molecule has 3 N–H and O–H groups in total. The normalized spacial score (nSPS) is 12.3. The van der Waals surface area contributed by atoms with Gasteiger partial charge in [-0.25, -0.2) is 14.6 Å². The third kappa shape index (κ3) is 5.55. The van der Waals surface area contributed by atoms with Crippen molar-refractivity contribution in [1.29, 1.82) is 0 Å². The molecule has 2 aromatic carbocycles. The van der Waals surface area contributed by atoms with Crippen molar-refractivity contribution in [2.24, 2.45) is 5.73 Å². The first kappa shape index (κ1) is 22.6. The summed E-state index contributed by atoms with van der Waals surface area (Å²) in [6, 6.07) is 20.7. The van der Waals surface area contributed by atoms with Crippen LogP contribution in [0.4, 0.5) is 5.82 Å². The van der Waals surface area contributed by atoms with E-state index in [0.717, 1.165) is 5.56 Å². The Morgan fingerprint density at radius 1 is 0.969 bits per heavy atom. The van der Waals surface area contributed by atoms with E-state index in [9.17, 15) is 14.4 Å². The van der Waals surface area contributed by atoms with Crippen LogP contribution in [0.5, 0.6) is 0 Å². The maximum Gasteiger partial charge on any atom is 0.338 e. The molecule has 1 unspecified atom stereocenters. The summed E-state index contributed by atoms with van der Waals surface area (Å²) in [6.45, 7) is -0.0310. The van der Waals surface area contributed by atoms with E-state index < -0.39 is 23.4 Å². The predicted octanol–water partition coefficient (Wildman–Crippen LogP) is 2.49. The number of nitrogens with zero attached hydrogens (tertiary/aromatic N) is 1. The number of methoxy groups -OCH3 is 1. The number of hydrogen-bond donors (Lipinski definition) is 2. The topological polar surface area (TPSA) is 121 Å². The summed E-state index contributed by atoms with van der Waals surface area (Å²) in [7, 11) is 1.24. The third-order valence-electron chi connectivity index (χ3n) is 4.73. The van der Waals surface area contributed by atoms with Gasteiger partial charge < -0.3 is 20.5 Å². The number of aromatic nitrogens is 1. The molecule has 0 bridgehead atoms. The summed E-state index contributed by atoms with van der Waals surface area (Å²) in [6.07, 6.45) is 1.25. The summed E-state index contributed by atoms with van der Waals surface area (Å²) in [5.41, 5.74) is 5.95. The maximum absolute atomic E-state index is 13.1. The SMILES string of the molecule is COC(=O)c1ccnc(NC(=O)C(N)(Cc2ccccc2)C(=O)OCc2ccccc2)c1. The van der Waals surface area contributed by atoms with Crippen LogP contribution in [-0.2, 0) is 32.1 Å². The maximum atomic E-state index is 13.1. The van der Waals surface area contributed by atoms with E-state index in [4.69, 9.17) is 10.5 Å². The largest absolute Gasteiger partial charge is 0.465 e. The monoisotopic (exact) mass is 433 g/mol. The van der Waals surface area contributed by atoms with E-state index in [1.807, 2.05) is 24.3 Å². The van der Waals surface area contributed by atoms with Gasteiger partial charge in [0.1, 0.15) is 12.4 Å². The van der Waals surface area contributed by atoms with Crippen molar-refractivity contribution in [1.82, 2.24) is 4.98 Å². The lowest BCUT2D eigenvalue weighted by Gasteiger charge is -2.26. The highest BCUT2D eigenvalue weighted by atomic mass is 16.5. The van der Waals surface area contributed by atoms with E-state index >= 15 is 0 Å². The molecule has 3 aromatic rings. The van der Waals surface area contributed by atoms with Gasteiger partial charge in [0.05, 0.1) is 12.7 Å². The van der Waals surface area contributed by atoms with Crippen molar-refractivity contribution < 1.29 is 23.9 Å². The van der Waals surface area contributed by atoms with E-state index in [-0.39, 0.29) is 24.4 Å². The number of rotatable bonds is 8. The van der Waals surface area contributed by atoms with Crippen LogP contribution in [0.15, 0.2) is 79.0 Å². The highest BCUT2D eigenvalue weighted by molar-refractivity contribution is 6.13.